The van der Waals surface area contributed by atoms with Crippen molar-refractivity contribution < 1.29 is 23.5 Å². The monoisotopic (exact) mass is 669 g/mol. The van der Waals surface area contributed by atoms with Crippen molar-refractivity contribution >= 4 is 28.5 Å². The maximum Gasteiger partial charge on any atom is 0.254 e. The van der Waals surface area contributed by atoms with E-state index < -0.39 is 11.1 Å². The predicted molar refractivity (Wildman–Crippen MR) is 181 cm³/mol. The summed E-state index contributed by atoms with van der Waals surface area (Å²) in [5, 5.41) is 4.10. The Morgan fingerprint density at radius 2 is 1.88 bits per heavy atom. The number of piperidine rings is 1. The number of aromatic nitrogens is 4. The number of amides is 2. The predicted octanol–water partition coefficient (Wildman–Crippen LogP) is 4.87. The van der Waals surface area contributed by atoms with Gasteiger partial charge >= 0.3 is 0 Å². The van der Waals surface area contributed by atoms with E-state index in [-0.39, 0.29) is 42.1 Å². The molecule has 0 unspecified atom stereocenters. The number of methoxy groups -OCH3 is 2. The Balaban J connectivity index is 1.07. The third-order valence-electron chi connectivity index (χ3n) is 12.2. The van der Waals surface area contributed by atoms with Gasteiger partial charge in [-0.2, -0.15) is 0 Å². The zero-order valence-corrected chi connectivity index (χ0v) is 28.5. The highest BCUT2D eigenvalue weighted by Gasteiger charge is 2.72. The van der Waals surface area contributed by atoms with Gasteiger partial charge in [-0.25, -0.2) is 14.4 Å². The molecule has 0 aromatic carbocycles. The smallest absolute Gasteiger partial charge is 0.254 e. The first-order valence-corrected chi connectivity index (χ1v) is 17.7. The van der Waals surface area contributed by atoms with Crippen LogP contribution in [0.5, 0.6) is 5.88 Å². The van der Waals surface area contributed by atoms with Crippen LogP contribution in [0.15, 0.2) is 30.3 Å². The largest absolute Gasteiger partial charge is 0.482 e. The average molecular weight is 670 g/mol. The Bertz CT molecular complexity index is 2010. The van der Waals surface area contributed by atoms with E-state index in [0.29, 0.717) is 42.3 Å². The van der Waals surface area contributed by atoms with Crippen LogP contribution in [-0.2, 0) is 16.1 Å². The number of rotatable bonds is 9. The average Bonchev–Trinajstić information content (AvgIpc) is 3.60. The lowest BCUT2D eigenvalue weighted by Gasteiger charge is -2.64. The summed E-state index contributed by atoms with van der Waals surface area (Å²) in [6.07, 6.45) is 5.81. The molecular weight excluding hydrogens is 625 g/mol. The van der Waals surface area contributed by atoms with Crippen LogP contribution in [0.1, 0.15) is 86.1 Å². The highest BCUT2D eigenvalue weighted by Crippen LogP contribution is 2.69. The van der Waals surface area contributed by atoms with E-state index in [1.165, 1.54) is 12.8 Å². The first kappa shape index (κ1) is 31.0. The third kappa shape index (κ3) is 4.66. The Labute approximate surface area is 284 Å². The van der Waals surface area contributed by atoms with E-state index in [1.807, 2.05) is 41.3 Å². The highest BCUT2D eigenvalue weighted by molar-refractivity contribution is 5.96. The Hall–Kier alpha value is -4.03. The zero-order chi connectivity index (χ0) is 34.0. The highest BCUT2D eigenvalue weighted by atomic mass is 19.1. The van der Waals surface area contributed by atoms with Crippen LogP contribution in [0.4, 0.5) is 4.39 Å². The van der Waals surface area contributed by atoms with Crippen LogP contribution >= 0.6 is 0 Å². The summed E-state index contributed by atoms with van der Waals surface area (Å²) in [6, 6.07) is 9.32. The van der Waals surface area contributed by atoms with Crippen LogP contribution < -0.4 is 15.8 Å². The number of nitrogens with two attached hydrogens (primary N) is 1. The summed E-state index contributed by atoms with van der Waals surface area (Å²) in [7, 11) is 3.31. The molecule has 49 heavy (non-hydrogen) atoms. The minimum Gasteiger partial charge on any atom is -0.482 e. The van der Waals surface area contributed by atoms with Crippen molar-refractivity contribution in [2.75, 3.05) is 14.2 Å². The lowest BCUT2D eigenvalue weighted by Crippen LogP contribution is -2.70. The molecule has 6 heterocycles. The molecule has 5 atom stereocenters. The molecule has 4 saturated carbocycles. The first-order chi connectivity index (χ1) is 23.5. The number of hydrogen-bond donors (Lipinski definition) is 2. The van der Waals surface area contributed by atoms with Crippen LogP contribution in [0.2, 0.25) is 0 Å². The number of alkyl halides is 1. The van der Waals surface area contributed by atoms with E-state index >= 15 is 0 Å². The molecule has 6 aliphatic rings. The van der Waals surface area contributed by atoms with Gasteiger partial charge in [0, 0.05) is 36.7 Å². The maximum atomic E-state index is 14.1. The van der Waals surface area contributed by atoms with Crippen molar-refractivity contribution in [3.63, 3.8) is 0 Å². The molecule has 10 rings (SSSR count). The number of carbonyl (C=O) groups is 2. The number of nitrogens with one attached hydrogen (secondary N) is 1. The lowest BCUT2D eigenvalue weighted by atomic mass is 9.42. The molecule has 2 saturated heterocycles. The minimum atomic E-state index is -1.12. The van der Waals surface area contributed by atoms with Gasteiger partial charge in [0.25, 0.3) is 5.91 Å². The Morgan fingerprint density at radius 1 is 1.10 bits per heavy atom. The van der Waals surface area contributed by atoms with Crippen LogP contribution in [-0.4, -0.2) is 79.8 Å². The molecule has 0 radical (unpaired) electrons. The van der Waals surface area contributed by atoms with Crippen molar-refractivity contribution in [3.05, 3.63) is 47.3 Å². The molecule has 12 heteroatoms. The number of carbonyl (C=O) groups excluding carboxylic acids is 2. The van der Waals surface area contributed by atoms with Gasteiger partial charge in [-0.15, -0.1) is 0 Å². The van der Waals surface area contributed by atoms with Gasteiger partial charge in [0.05, 0.1) is 53.8 Å². The van der Waals surface area contributed by atoms with Gasteiger partial charge in [0.2, 0.25) is 5.91 Å². The second-order valence-corrected chi connectivity index (χ2v) is 15.5. The first-order valence-electron chi connectivity index (χ1n) is 17.7. The van der Waals surface area contributed by atoms with Gasteiger partial charge in [-0.3, -0.25) is 14.0 Å². The number of halogens is 1. The second-order valence-electron chi connectivity index (χ2n) is 15.5. The van der Waals surface area contributed by atoms with E-state index in [1.54, 1.807) is 14.2 Å². The summed E-state index contributed by atoms with van der Waals surface area (Å²) in [5.74, 6) is 0.976. The fourth-order valence-corrected chi connectivity index (χ4v) is 9.36. The lowest BCUT2D eigenvalue weighted by molar-refractivity contribution is -0.214. The summed E-state index contributed by atoms with van der Waals surface area (Å²) in [4.78, 5) is 39.3. The second kappa shape index (κ2) is 10.7. The van der Waals surface area contributed by atoms with E-state index in [2.05, 4.69) is 22.0 Å². The van der Waals surface area contributed by atoms with Gasteiger partial charge in [-0.1, -0.05) is 0 Å². The summed E-state index contributed by atoms with van der Waals surface area (Å²) < 4.78 is 29.9. The fourth-order valence-electron chi connectivity index (χ4n) is 9.36. The normalized spacial score (nSPS) is 30.7. The van der Waals surface area contributed by atoms with Crippen molar-refractivity contribution in [2.24, 2.45) is 17.1 Å². The number of hydrogen-bond acceptors (Lipinski definition) is 7. The summed E-state index contributed by atoms with van der Waals surface area (Å²) in [5.41, 5.74) is 10.4. The number of ether oxygens (including phenoxy) is 2. The van der Waals surface area contributed by atoms with Crippen molar-refractivity contribution in [2.45, 2.75) is 108 Å². The quantitative estimate of drug-likeness (QED) is 0.260. The SMILES string of the molecule is COc1cc(C(=O)N2[C@H]3CC[C@@H]2[C@H](N)[C@H](OC)C3)cc2nc(-c3cc4ccc([C@@H](C)NC(=O)C56CC(F)(C5)C6)nc4n3CC3CC3)c(C)n12. The number of imidazole rings is 1. The summed E-state index contributed by atoms with van der Waals surface area (Å²) >= 11 is 0. The molecule has 3 N–H and O–H groups in total. The Kier molecular flexibility index (Phi) is 6.79. The number of aryl methyl sites for hydroxylation is 1. The maximum absolute atomic E-state index is 14.1. The van der Waals surface area contributed by atoms with Gasteiger partial charge in [0.15, 0.2) is 5.88 Å². The topological polar surface area (TPSA) is 129 Å². The standard InChI is InChI=1S/C37H44FN7O4/c1-19(40-35(47)36-16-37(38,17-36)18-36)25-9-7-22-11-27(43(33(22)41-25)15-21-5-6-21)32-20(2)44-29(42-32)12-23(13-30(44)49-4)34(46)45-24-8-10-26(45)31(39)28(14-24)48-3/h7,9,11-13,19,21,24,26,28,31H,5-6,8,10,14-18,39H2,1-4H3,(H,40,47)/t19-,24+,26-,28-,31+,36?,37?/m1/s1. The van der Waals surface area contributed by atoms with E-state index in [9.17, 15) is 14.0 Å². The van der Waals surface area contributed by atoms with Crippen LogP contribution in [0.3, 0.4) is 0 Å². The van der Waals surface area contributed by atoms with Gasteiger partial charge in [0.1, 0.15) is 22.7 Å². The Morgan fingerprint density at radius 3 is 2.57 bits per heavy atom. The third-order valence-corrected chi connectivity index (χ3v) is 12.2. The molecular formula is C37H44FN7O4. The minimum absolute atomic E-state index is 0.0473. The van der Waals surface area contributed by atoms with E-state index in [4.69, 9.17) is 25.2 Å². The number of pyridine rings is 2. The molecule has 11 nitrogen and oxygen atoms in total. The molecule has 2 amide bonds. The molecule has 258 valence electrons. The van der Waals surface area contributed by atoms with E-state index in [0.717, 1.165) is 59.6 Å². The molecule has 4 bridgehead atoms. The molecule has 4 aromatic heterocycles. The molecule has 0 spiro atoms. The molecule has 6 fully saturated rings. The van der Waals surface area contributed by atoms with Gasteiger partial charge in [-0.05, 0) is 95.4 Å². The summed E-state index contributed by atoms with van der Waals surface area (Å²) in [6.45, 7) is 4.77. The molecule has 4 aliphatic carbocycles. The number of nitrogens with zero attached hydrogens (tertiary/aromatic N) is 5. The van der Waals surface area contributed by atoms with Crippen LogP contribution in [0.25, 0.3) is 28.1 Å². The van der Waals surface area contributed by atoms with Crippen molar-refractivity contribution in [1.82, 2.24) is 29.2 Å². The molecule has 4 aromatic rings. The van der Waals surface area contributed by atoms with Gasteiger partial charge < -0.3 is 30.0 Å². The fraction of sp³-hybridized carbons (Fsp3) is 0.568. The number of fused-ring (bicyclic) bond motifs is 4. The van der Waals surface area contributed by atoms with Crippen LogP contribution in [0, 0.1) is 18.3 Å². The van der Waals surface area contributed by atoms with Crippen molar-refractivity contribution in [1.29, 1.82) is 0 Å². The molecule has 2 aliphatic heterocycles. The van der Waals surface area contributed by atoms with Crippen molar-refractivity contribution in [3.8, 4) is 17.3 Å². The zero-order valence-electron chi connectivity index (χ0n) is 28.5.